The molecule has 1 aliphatic rings. The second-order valence-corrected chi connectivity index (χ2v) is 10.1. The topological polar surface area (TPSA) is 113 Å². The zero-order valence-electron chi connectivity index (χ0n) is 23.2. The summed E-state index contributed by atoms with van der Waals surface area (Å²) >= 11 is 0. The molecule has 3 N–H and O–H groups in total. The molecule has 2 aromatic heterocycles. The van der Waals surface area contributed by atoms with E-state index in [2.05, 4.69) is 27.5 Å². The summed E-state index contributed by atoms with van der Waals surface area (Å²) in [4.78, 5) is 27.0. The molecule has 1 saturated heterocycles. The lowest BCUT2D eigenvalue weighted by molar-refractivity contribution is -0.0437. The molecule has 1 aliphatic heterocycles. The van der Waals surface area contributed by atoms with E-state index in [0.29, 0.717) is 30.3 Å². The van der Waals surface area contributed by atoms with Crippen LogP contribution in [0, 0.1) is 0 Å². The number of likely N-dealkylation sites (tertiary alicyclic amines) is 1. The smallest absolute Gasteiger partial charge is 0.356 e. The highest BCUT2D eigenvalue weighted by atomic mass is 19.3. The number of alkyl halides is 2. The predicted octanol–water partition coefficient (Wildman–Crippen LogP) is 4.71. The molecule has 1 aromatic carbocycles. The molecule has 0 saturated carbocycles. The number of hydrogen-bond acceptors (Lipinski definition) is 9. The maximum Gasteiger partial charge on any atom is 0.356 e. The van der Waals surface area contributed by atoms with Gasteiger partial charge in [0.15, 0.2) is 0 Å². The number of piperidine rings is 1. The second kappa shape index (κ2) is 12.8. The Balaban J connectivity index is 1.36. The summed E-state index contributed by atoms with van der Waals surface area (Å²) in [6.45, 7) is 6.21. The van der Waals surface area contributed by atoms with Gasteiger partial charge in [-0.25, -0.2) is 28.5 Å². The predicted molar refractivity (Wildman–Crippen MR) is 147 cm³/mol. The van der Waals surface area contributed by atoms with Crippen molar-refractivity contribution in [3.63, 3.8) is 0 Å². The molecular weight excluding hydrogens is 518 g/mol. The molecule has 40 heavy (non-hydrogen) atoms. The van der Waals surface area contributed by atoms with Crippen LogP contribution in [-0.4, -0.2) is 56.7 Å². The number of carbonyl (C=O) groups excluding carboxylic acids is 1. The standard InChI is InChI=1S/C29H36F2N6O3/c1-5-19-16-34-28(35-22-8-6-21(7-9-22)29(3,30)31)36-25(19)17-33-23-11-13-37(18(2)14-23)26(38)20-10-12-32-24(15-20)27(39)40-4/h6-10,12,15-16,18,23,26,33,38H,5,11,13-14,17H2,1-4H3,(H,34,35,36)/t18-,23-,26?/m1/s1. The van der Waals surface area contributed by atoms with Crippen molar-refractivity contribution in [3.8, 4) is 0 Å². The number of halogens is 2. The molecule has 0 amide bonds. The Morgan fingerprint density at radius 2 is 2.00 bits per heavy atom. The van der Waals surface area contributed by atoms with Crippen LogP contribution in [0.3, 0.4) is 0 Å². The van der Waals surface area contributed by atoms with E-state index >= 15 is 0 Å². The Kier molecular flexibility index (Phi) is 9.39. The number of anilines is 2. The average Bonchev–Trinajstić information content (AvgIpc) is 2.95. The molecule has 3 aromatic rings. The van der Waals surface area contributed by atoms with Gasteiger partial charge in [0, 0.05) is 55.7 Å². The van der Waals surface area contributed by atoms with Crippen molar-refractivity contribution in [1.29, 1.82) is 0 Å². The molecule has 11 heteroatoms. The fraction of sp³-hybridized carbons (Fsp3) is 0.448. The Morgan fingerprint density at radius 1 is 1.25 bits per heavy atom. The van der Waals surface area contributed by atoms with Gasteiger partial charge >= 0.3 is 5.97 Å². The molecule has 3 heterocycles. The summed E-state index contributed by atoms with van der Waals surface area (Å²) in [5.41, 5.74) is 3.24. The van der Waals surface area contributed by atoms with Crippen LogP contribution in [0.5, 0.6) is 0 Å². The van der Waals surface area contributed by atoms with Crippen LogP contribution >= 0.6 is 0 Å². The number of aromatic nitrogens is 3. The molecule has 214 valence electrons. The Hall–Kier alpha value is -3.54. The van der Waals surface area contributed by atoms with E-state index in [1.165, 1.54) is 25.4 Å². The first-order valence-corrected chi connectivity index (χ1v) is 13.4. The summed E-state index contributed by atoms with van der Waals surface area (Å²) in [7, 11) is 1.30. The molecule has 9 nitrogen and oxygen atoms in total. The summed E-state index contributed by atoms with van der Waals surface area (Å²) in [6, 6.07) is 9.54. The first-order valence-electron chi connectivity index (χ1n) is 13.4. The SMILES string of the molecule is CCc1cnc(Nc2ccc(C(C)(F)F)cc2)nc1CN[C@@H]1CCN(C(O)c2ccnc(C(=O)OC)c2)[C@H](C)C1. The number of esters is 1. The minimum absolute atomic E-state index is 0.0512. The number of rotatable bonds is 10. The van der Waals surface area contributed by atoms with Gasteiger partial charge in [-0.3, -0.25) is 4.90 Å². The van der Waals surface area contributed by atoms with Gasteiger partial charge in [-0.15, -0.1) is 0 Å². The third-order valence-electron chi connectivity index (χ3n) is 7.26. The van der Waals surface area contributed by atoms with Crippen LogP contribution < -0.4 is 10.6 Å². The first kappa shape index (κ1) is 29.4. The lowest BCUT2D eigenvalue weighted by Gasteiger charge is -2.40. The largest absolute Gasteiger partial charge is 0.464 e. The van der Waals surface area contributed by atoms with Crippen molar-refractivity contribution >= 4 is 17.6 Å². The van der Waals surface area contributed by atoms with Gasteiger partial charge in [0.05, 0.1) is 12.8 Å². The van der Waals surface area contributed by atoms with E-state index in [1.54, 1.807) is 30.5 Å². The highest BCUT2D eigenvalue weighted by Gasteiger charge is 2.31. The molecule has 4 rings (SSSR count). The number of benzene rings is 1. The number of ether oxygens (including phenoxy) is 1. The summed E-state index contributed by atoms with van der Waals surface area (Å²) in [5.74, 6) is -3.03. The van der Waals surface area contributed by atoms with E-state index in [9.17, 15) is 18.7 Å². The monoisotopic (exact) mass is 554 g/mol. The number of nitrogens with one attached hydrogen (secondary N) is 2. The molecule has 1 unspecified atom stereocenters. The van der Waals surface area contributed by atoms with Crippen LogP contribution in [0.1, 0.15) is 72.7 Å². The van der Waals surface area contributed by atoms with Crippen molar-refractivity contribution in [2.75, 3.05) is 19.0 Å². The number of aryl methyl sites for hydroxylation is 1. The van der Waals surface area contributed by atoms with E-state index < -0.39 is 18.1 Å². The summed E-state index contributed by atoms with van der Waals surface area (Å²) in [6.07, 6.45) is 4.85. The molecule has 0 aliphatic carbocycles. The van der Waals surface area contributed by atoms with Gasteiger partial charge in [-0.2, -0.15) is 0 Å². The van der Waals surface area contributed by atoms with Gasteiger partial charge in [0.2, 0.25) is 5.95 Å². The zero-order valence-corrected chi connectivity index (χ0v) is 23.2. The van der Waals surface area contributed by atoms with Crippen LogP contribution in [-0.2, 0) is 23.6 Å². The van der Waals surface area contributed by atoms with Crippen molar-refractivity contribution in [2.45, 2.75) is 70.8 Å². The van der Waals surface area contributed by atoms with E-state index in [1.807, 2.05) is 11.8 Å². The van der Waals surface area contributed by atoms with Gasteiger partial charge in [0.1, 0.15) is 11.9 Å². The minimum atomic E-state index is -2.89. The van der Waals surface area contributed by atoms with Crippen molar-refractivity contribution in [3.05, 3.63) is 76.9 Å². The number of carbonyl (C=O) groups is 1. The number of methoxy groups -OCH3 is 1. The molecule has 0 spiro atoms. The molecule has 0 bridgehead atoms. The molecule has 0 radical (unpaired) electrons. The fourth-order valence-corrected chi connectivity index (χ4v) is 4.92. The van der Waals surface area contributed by atoms with Crippen LogP contribution in [0.25, 0.3) is 0 Å². The number of nitrogens with zero attached hydrogens (tertiary/aromatic N) is 4. The minimum Gasteiger partial charge on any atom is -0.464 e. The first-order chi connectivity index (χ1) is 19.1. The second-order valence-electron chi connectivity index (χ2n) is 10.1. The van der Waals surface area contributed by atoms with E-state index in [-0.39, 0.29) is 23.3 Å². The van der Waals surface area contributed by atoms with Crippen molar-refractivity contribution in [2.24, 2.45) is 0 Å². The number of hydrogen-bond donors (Lipinski definition) is 3. The summed E-state index contributed by atoms with van der Waals surface area (Å²) < 4.78 is 31.8. The van der Waals surface area contributed by atoms with Gasteiger partial charge in [-0.1, -0.05) is 19.1 Å². The van der Waals surface area contributed by atoms with Crippen molar-refractivity contribution < 1.29 is 23.4 Å². The highest BCUT2D eigenvalue weighted by Crippen LogP contribution is 2.29. The fourth-order valence-electron chi connectivity index (χ4n) is 4.92. The van der Waals surface area contributed by atoms with Crippen LogP contribution in [0.2, 0.25) is 0 Å². The van der Waals surface area contributed by atoms with Crippen LogP contribution in [0.4, 0.5) is 20.4 Å². The van der Waals surface area contributed by atoms with Crippen LogP contribution in [0.15, 0.2) is 48.8 Å². The summed E-state index contributed by atoms with van der Waals surface area (Å²) in [5, 5.41) is 17.7. The Labute approximate surface area is 233 Å². The number of aliphatic hydroxyl groups excluding tert-OH is 1. The third-order valence-corrected chi connectivity index (χ3v) is 7.26. The molecular formula is C29H36F2N6O3. The zero-order chi connectivity index (χ0) is 28.9. The average molecular weight is 555 g/mol. The van der Waals surface area contributed by atoms with E-state index in [0.717, 1.165) is 37.4 Å². The maximum absolute atomic E-state index is 13.5. The normalized spacial score (nSPS) is 18.8. The lowest BCUT2D eigenvalue weighted by Crippen LogP contribution is -2.48. The number of aliphatic hydroxyl groups is 1. The Bertz CT molecular complexity index is 1300. The molecule has 1 fully saturated rings. The quantitative estimate of drug-likeness (QED) is 0.307. The van der Waals surface area contributed by atoms with Gasteiger partial charge in [-0.05, 0) is 61.6 Å². The molecule has 3 atom stereocenters. The Morgan fingerprint density at radius 3 is 2.65 bits per heavy atom. The van der Waals surface area contributed by atoms with Crippen molar-refractivity contribution in [1.82, 2.24) is 25.2 Å². The van der Waals surface area contributed by atoms with Gasteiger partial charge in [0.25, 0.3) is 5.92 Å². The highest BCUT2D eigenvalue weighted by molar-refractivity contribution is 5.87. The maximum atomic E-state index is 13.5. The van der Waals surface area contributed by atoms with Gasteiger partial charge < -0.3 is 20.5 Å². The van der Waals surface area contributed by atoms with E-state index in [4.69, 9.17) is 9.72 Å². The number of pyridine rings is 1. The lowest BCUT2D eigenvalue weighted by atomic mass is 9.96. The third kappa shape index (κ3) is 7.15.